The molecule has 4 rings (SSSR count). The van der Waals surface area contributed by atoms with Crippen LogP contribution in [0.2, 0.25) is 0 Å². The number of ether oxygens (including phenoxy) is 2. The van der Waals surface area contributed by atoms with Crippen LogP contribution in [0.25, 0.3) is 0 Å². The smallest absolute Gasteiger partial charge is 0.253 e. The number of nitrogens with zero attached hydrogens (tertiary/aromatic N) is 1. The third-order valence-electron chi connectivity index (χ3n) is 6.55. The van der Waals surface area contributed by atoms with Crippen LogP contribution in [-0.4, -0.2) is 44.0 Å². The third kappa shape index (κ3) is 5.87. The molecule has 194 valence electrons. The molecular weight excluding hydrogens is 485 g/mol. The summed E-state index contributed by atoms with van der Waals surface area (Å²) in [7, 11) is 3.07. The number of benzene rings is 3. The second kappa shape index (κ2) is 11.4. The number of hydrogen-bond donors (Lipinski definition) is 1. The van der Waals surface area contributed by atoms with E-state index < -0.39 is 35.3 Å². The molecule has 1 saturated heterocycles. The summed E-state index contributed by atoms with van der Waals surface area (Å²) in [6, 6.07) is 13.8. The van der Waals surface area contributed by atoms with E-state index in [9.17, 15) is 22.8 Å². The average Bonchev–Trinajstić information content (AvgIpc) is 2.93. The Bertz CT molecular complexity index is 1290. The van der Waals surface area contributed by atoms with Crippen molar-refractivity contribution in [2.24, 2.45) is 0 Å². The standard InChI is InChI=1S/C28H27F3N2O4/c1-36-24-10-5-19(15-25(24)37-2)28(35)33-13-11-18(12-14-33)17-3-6-20(7-4-17)32-26(34)16-21-22(29)8-9-23(30)27(21)31/h3-10,15,18H,11-14,16H2,1-2H3,(H,32,34). The van der Waals surface area contributed by atoms with Crippen LogP contribution in [0.1, 0.15) is 40.2 Å². The highest BCUT2D eigenvalue weighted by Crippen LogP contribution is 2.31. The van der Waals surface area contributed by atoms with Crippen LogP contribution in [0.15, 0.2) is 54.6 Å². The summed E-state index contributed by atoms with van der Waals surface area (Å²) in [5.74, 6) is -2.95. The summed E-state index contributed by atoms with van der Waals surface area (Å²) >= 11 is 0. The SMILES string of the molecule is COc1ccc(C(=O)N2CCC(c3ccc(NC(=O)Cc4c(F)ccc(F)c4F)cc3)CC2)cc1OC. The predicted molar refractivity (Wildman–Crippen MR) is 133 cm³/mol. The number of rotatable bonds is 7. The lowest BCUT2D eigenvalue weighted by Gasteiger charge is -2.32. The van der Waals surface area contributed by atoms with Crippen molar-refractivity contribution in [2.75, 3.05) is 32.6 Å². The van der Waals surface area contributed by atoms with Gasteiger partial charge in [-0.1, -0.05) is 12.1 Å². The van der Waals surface area contributed by atoms with Crippen molar-refractivity contribution >= 4 is 17.5 Å². The highest BCUT2D eigenvalue weighted by atomic mass is 19.2. The minimum atomic E-state index is -1.36. The number of anilines is 1. The monoisotopic (exact) mass is 512 g/mol. The third-order valence-corrected chi connectivity index (χ3v) is 6.55. The number of piperidine rings is 1. The molecule has 0 aromatic heterocycles. The lowest BCUT2D eigenvalue weighted by molar-refractivity contribution is -0.115. The van der Waals surface area contributed by atoms with Gasteiger partial charge in [0.2, 0.25) is 5.91 Å². The van der Waals surface area contributed by atoms with Gasteiger partial charge in [-0.2, -0.15) is 0 Å². The molecule has 6 nitrogen and oxygen atoms in total. The van der Waals surface area contributed by atoms with Gasteiger partial charge in [0.05, 0.1) is 20.6 Å². The fourth-order valence-corrected chi connectivity index (χ4v) is 4.50. The first-order chi connectivity index (χ1) is 17.8. The first kappa shape index (κ1) is 26.1. The van der Waals surface area contributed by atoms with Crippen LogP contribution in [0, 0.1) is 17.5 Å². The number of carbonyl (C=O) groups is 2. The molecule has 1 aliphatic heterocycles. The van der Waals surface area contributed by atoms with Gasteiger partial charge in [-0.15, -0.1) is 0 Å². The number of nitrogens with one attached hydrogen (secondary N) is 1. The molecule has 0 spiro atoms. The van der Waals surface area contributed by atoms with Crippen molar-refractivity contribution < 1.29 is 32.2 Å². The van der Waals surface area contributed by atoms with Gasteiger partial charge in [0.1, 0.15) is 5.82 Å². The van der Waals surface area contributed by atoms with Gasteiger partial charge in [0, 0.05) is 29.9 Å². The summed E-state index contributed by atoms with van der Waals surface area (Å²) in [6.45, 7) is 1.20. The predicted octanol–water partition coefficient (Wildman–Crippen LogP) is 5.32. The Morgan fingerprint density at radius 1 is 0.892 bits per heavy atom. The molecule has 0 unspecified atom stereocenters. The minimum Gasteiger partial charge on any atom is -0.493 e. The van der Waals surface area contributed by atoms with Gasteiger partial charge in [-0.05, 0) is 66.8 Å². The second-order valence-electron chi connectivity index (χ2n) is 8.80. The molecule has 1 fully saturated rings. The topological polar surface area (TPSA) is 67.9 Å². The summed E-state index contributed by atoms with van der Waals surface area (Å²) in [5, 5.41) is 2.59. The molecule has 1 N–H and O–H groups in total. The van der Waals surface area contributed by atoms with Crippen molar-refractivity contribution in [3.8, 4) is 11.5 Å². The number of carbonyl (C=O) groups excluding carboxylic acids is 2. The normalized spacial score (nSPS) is 13.8. The van der Waals surface area contributed by atoms with E-state index in [0.29, 0.717) is 41.9 Å². The molecule has 3 aromatic carbocycles. The number of hydrogen-bond acceptors (Lipinski definition) is 4. The highest BCUT2D eigenvalue weighted by molar-refractivity contribution is 5.95. The molecule has 0 bridgehead atoms. The molecule has 37 heavy (non-hydrogen) atoms. The van der Waals surface area contributed by atoms with E-state index in [1.165, 1.54) is 7.11 Å². The zero-order chi connectivity index (χ0) is 26.5. The number of likely N-dealkylation sites (tertiary alicyclic amines) is 1. The van der Waals surface area contributed by atoms with Crippen molar-refractivity contribution in [3.63, 3.8) is 0 Å². The van der Waals surface area contributed by atoms with Crippen molar-refractivity contribution in [3.05, 3.63) is 88.7 Å². The lowest BCUT2D eigenvalue weighted by Crippen LogP contribution is -2.37. The summed E-state index contributed by atoms with van der Waals surface area (Å²) in [4.78, 5) is 27.0. The zero-order valence-electron chi connectivity index (χ0n) is 20.5. The lowest BCUT2D eigenvalue weighted by atomic mass is 9.89. The number of methoxy groups -OCH3 is 2. The number of amides is 2. The molecule has 2 amide bonds. The molecule has 0 aliphatic carbocycles. The zero-order valence-corrected chi connectivity index (χ0v) is 20.5. The largest absolute Gasteiger partial charge is 0.493 e. The van der Waals surface area contributed by atoms with Crippen molar-refractivity contribution in [2.45, 2.75) is 25.2 Å². The van der Waals surface area contributed by atoms with E-state index in [-0.39, 0.29) is 11.8 Å². The fourth-order valence-electron chi connectivity index (χ4n) is 4.50. The minimum absolute atomic E-state index is 0.0661. The van der Waals surface area contributed by atoms with E-state index >= 15 is 0 Å². The summed E-state index contributed by atoms with van der Waals surface area (Å²) in [6.07, 6.45) is 0.940. The van der Waals surface area contributed by atoms with E-state index in [0.717, 1.165) is 24.5 Å². The van der Waals surface area contributed by atoms with E-state index in [4.69, 9.17) is 9.47 Å². The van der Waals surface area contributed by atoms with E-state index in [2.05, 4.69) is 5.32 Å². The van der Waals surface area contributed by atoms with E-state index in [1.807, 2.05) is 17.0 Å². The molecular formula is C28H27F3N2O4. The second-order valence-corrected chi connectivity index (χ2v) is 8.80. The average molecular weight is 513 g/mol. The van der Waals surface area contributed by atoms with Crippen LogP contribution < -0.4 is 14.8 Å². The van der Waals surface area contributed by atoms with Gasteiger partial charge < -0.3 is 19.7 Å². The Balaban J connectivity index is 1.32. The Morgan fingerprint density at radius 2 is 1.54 bits per heavy atom. The Labute approximate surface area is 213 Å². The molecule has 0 atom stereocenters. The van der Waals surface area contributed by atoms with Crippen molar-refractivity contribution in [1.82, 2.24) is 4.90 Å². The van der Waals surface area contributed by atoms with Gasteiger partial charge in [0.25, 0.3) is 5.91 Å². The van der Waals surface area contributed by atoms with Crippen molar-refractivity contribution in [1.29, 1.82) is 0 Å². The Kier molecular flexibility index (Phi) is 8.01. The first-order valence-electron chi connectivity index (χ1n) is 11.8. The summed E-state index contributed by atoms with van der Waals surface area (Å²) in [5.41, 5.74) is 1.46. The summed E-state index contributed by atoms with van der Waals surface area (Å²) < 4.78 is 51.5. The fraction of sp³-hybridized carbons (Fsp3) is 0.286. The maximum absolute atomic E-state index is 13.8. The molecule has 9 heteroatoms. The van der Waals surface area contributed by atoms with E-state index in [1.54, 1.807) is 37.4 Å². The van der Waals surface area contributed by atoms with Crippen LogP contribution in [-0.2, 0) is 11.2 Å². The maximum Gasteiger partial charge on any atom is 0.253 e. The molecule has 1 aliphatic rings. The van der Waals surface area contributed by atoms with Crippen LogP contribution in [0.4, 0.5) is 18.9 Å². The van der Waals surface area contributed by atoms with Gasteiger partial charge in [-0.25, -0.2) is 13.2 Å². The molecule has 0 radical (unpaired) electrons. The molecule has 3 aromatic rings. The molecule has 0 saturated carbocycles. The number of halogens is 3. The maximum atomic E-state index is 13.8. The molecule has 1 heterocycles. The van der Waals surface area contributed by atoms with Gasteiger partial charge >= 0.3 is 0 Å². The highest BCUT2D eigenvalue weighted by Gasteiger charge is 2.25. The van der Waals surface area contributed by atoms with Gasteiger partial charge in [-0.3, -0.25) is 9.59 Å². The van der Waals surface area contributed by atoms with Crippen LogP contribution in [0.3, 0.4) is 0 Å². The Hall–Kier alpha value is -4.01. The van der Waals surface area contributed by atoms with Crippen LogP contribution >= 0.6 is 0 Å². The Morgan fingerprint density at radius 3 is 2.19 bits per heavy atom. The van der Waals surface area contributed by atoms with Gasteiger partial charge in [0.15, 0.2) is 23.1 Å². The quantitative estimate of drug-likeness (QED) is 0.435. The first-order valence-corrected chi connectivity index (χ1v) is 11.8. The van der Waals surface area contributed by atoms with Crippen LogP contribution in [0.5, 0.6) is 11.5 Å².